The number of nitrogen functional groups attached to an aromatic ring is 2. The lowest BCUT2D eigenvalue weighted by atomic mass is 9.75. The third-order valence-corrected chi connectivity index (χ3v) is 16.9. The number of hydrogen-bond acceptors (Lipinski definition) is 19. The molecular weight excluding hydrogens is 1170 g/mol. The van der Waals surface area contributed by atoms with Gasteiger partial charge in [0.15, 0.2) is 0 Å². The number of H-pyrrole nitrogens is 1. The Labute approximate surface area is 530 Å². The Morgan fingerprint density at radius 1 is 0.560 bits per heavy atom. The second kappa shape index (κ2) is 33.1. The Kier molecular flexibility index (Phi) is 26.1. The molecule has 28 heteroatoms. The predicted octanol–water partition coefficient (Wildman–Crippen LogP) is 5.47. The molecule has 0 aromatic carbocycles. The number of anilines is 3. The fourth-order valence-electron chi connectivity index (χ4n) is 10.5. The number of carbonyl (C=O) groups is 1. The van der Waals surface area contributed by atoms with Crippen molar-refractivity contribution >= 4 is 52.9 Å². The highest BCUT2D eigenvalue weighted by Gasteiger charge is 2.52. The van der Waals surface area contributed by atoms with Gasteiger partial charge in [0.1, 0.15) is 5.69 Å². The monoisotopic (exact) mass is 1260 g/mol. The maximum Gasteiger partial charge on any atom is 0.490 e. The molecule has 6 aliphatic rings. The van der Waals surface area contributed by atoms with Crippen molar-refractivity contribution < 1.29 is 23.9 Å². The SMILES string of the molecule is CC(=O)Nc1cccn(C2CCN(C)CC2)c1=O.CN1CC=C(B2OC(C)(C)C(C)(C)O2)CC1.CN1CC=C(n2cccc(N)c2=O)CC1.CN1CC=C(n2cccc([N+](=O)[O-])c2=O)CC1.CN1CCC(n2cccc(N)c2=O)CC1.O=c1[nH]cccc1[N+](=O)[O-]. The lowest BCUT2D eigenvalue weighted by Crippen LogP contribution is -2.41. The number of rotatable bonds is 8. The molecule has 5 aromatic rings. The molecule has 11 heterocycles. The minimum atomic E-state index is -0.723. The van der Waals surface area contributed by atoms with E-state index in [0.717, 1.165) is 128 Å². The Morgan fingerprint density at radius 2 is 0.989 bits per heavy atom. The Balaban J connectivity index is 0.000000175. The van der Waals surface area contributed by atoms with Crippen LogP contribution >= 0.6 is 0 Å². The molecule has 91 heavy (non-hydrogen) atoms. The maximum atomic E-state index is 12.2. The van der Waals surface area contributed by atoms with E-state index < -0.39 is 26.7 Å². The van der Waals surface area contributed by atoms with Gasteiger partial charge in [-0.2, -0.15) is 0 Å². The molecule has 492 valence electrons. The summed E-state index contributed by atoms with van der Waals surface area (Å²) in [5.74, 6) is -0.215. The average molecular weight is 1260 g/mol. The zero-order valence-electron chi connectivity index (χ0n) is 54.1. The van der Waals surface area contributed by atoms with Crippen LogP contribution in [0.2, 0.25) is 0 Å². The van der Waals surface area contributed by atoms with E-state index in [9.17, 15) is 49.0 Å². The number of nitro groups is 2. The van der Waals surface area contributed by atoms with Crippen LogP contribution in [-0.2, 0) is 14.1 Å². The molecule has 1 amide bonds. The van der Waals surface area contributed by atoms with Crippen LogP contribution in [0.1, 0.15) is 91.6 Å². The van der Waals surface area contributed by atoms with Crippen molar-refractivity contribution in [3.8, 4) is 0 Å². The number of aromatic nitrogens is 5. The Hall–Kier alpha value is -8.38. The molecule has 0 unspecified atom stereocenters. The molecule has 5 aromatic heterocycles. The molecule has 11 rings (SSSR count). The molecule has 0 saturated carbocycles. The van der Waals surface area contributed by atoms with Gasteiger partial charge in [-0.05, 0) is 175 Å². The molecule has 0 bridgehead atoms. The summed E-state index contributed by atoms with van der Waals surface area (Å²) in [5.41, 5.74) is 12.6. The molecule has 0 atom stereocenters. The lowest BCUT2D eigenvalue weighted by Gasteiger charge is -2.32. The van der Waals surface area contributed by atoms with Crippen LogP contribution < -0.4 is 44.6 Å². The van der Waals surface area contributed by atoms with E-state index in [1.165, 1.54) is 41.4 Å². The normalized spacial score (nSPS) is 18.8. The highest BCUT2D eigenvalue weighted by molar-refractivity contribution is 6.54. The first kappa shape index (κ1) is 71.7. The topological polar surface area (TPSA) is 323 Å². The van der Waals surface area contributed by atoms with Gasteiger partial charge in [-0.15, -0.1) is 0 Å². The van der Waals surface area contributed by atoms with Gasteiger partial charge in [0.2, 0.25) is 5.91 Å². The van der Waals surface area contributed by atoms with E-state index in [-0.39, 0.29) is 52.6 Å². The maximum absolute atomic E-state index is 12.2. The van der Waals surface area contributed by atoms with Crippen molar-refractivity contribution in [2.75, 3.05) is 117 Å². The van der Waals surface area contributed by atoms with Gasteiger partial charge in [-0.25, -0.2) is 0 Å². The largest absolute Gasteiger partial charge is 0.490 e. The Bertz CT molecular complexity index is 3690. The highest BCUT2D eigenvalue weighted by Crippen LogP contribution is 2.39. The van der Waals surface area contributed by atoms with Gasteiger partial charge in [-0.3, -0.25) is 58.1 Å². The van der Waals surface area contributed by atoms with Crippen molar-refractivity contribution in [3.63, 3.8) is 0 Å². The highest BCUT2D eigenvalue weighted by atomic mass is 16.7. The summed E-state index contributed by atoms with van der Waals surface area (Å²) in [6, 6.07) is 16.3. The number of hydrogen-bond donors (Lipinski definition) is 4. The molecule has 0 radical (unpaired) electrons. The molecule has 6 N–H and O–H groups in total. The number of amides is 1. The third-order valence-electron chi connectivity index (χ3n) is 16.9. The van der Waals surface area contributed by atoms with Crippen LogP contribution in [0.3, 0.4) is 0 Å². The summed E-state index contributed by atoms with van der Waals surface area (Å²) < 4.78 is 18.6. The van der Waals surface area contributed by atoms with Crippen molar-refractivity contribution in [2.45, 2.75) is 103 Å². The standard InChI is InChI=1S/C13H19N3O2.C12H22BNO2.C11H13N3O3.C11H17N3O.C11H15N3O.C5H4N2O3/c1-10(17)14-12-4-3-7-16(13(12)18)11-5-8-15(2)9-6-11;1-11(2)12(3,4)16-13(15-11)10-6-8-14(5)9-7-10;1-12-7-4-9(5-8-12)13-6-2-3-10(11(13)15)14(16)17;2*1-13-7-4-9(5-8-13)14-6-2-3-10(12)11(14)15;8-5-4(7(9)10)2-1-3-6-5/h3-4,7,11H,5-6,8-9H2,1-2H3,(H,14,17);6H,7-9H2,1-5H3;2-4,6H,5,7-8H2,1H3;2-3,6,9H,4-5,7-8,12H2,1H3;2-4,6H,5,7-8,12H2,1H3;1-3H,(H,6,8). The molecule has 6 aliphatic heterocycles. The summed E-state index contributed by atoms with van der Waals surface area (Å²) in [5, 5.41) is 23.3. The van der Waals surface area contributed by atoms with Crippen molar-refractivity contribution in [2.24, 2.45) is 0 Å². The zero-order valence-corrected chi connectivity index (χ0v) is 54.1. The summed E-state index contributed by atoms with van der Waals surface area (Å²) in [6.07, 6.45) is 21.2. The minimum absolute atomic E-state index is 0.0490. The van der Waals surface area contributed by atoms with E-state index in [1.54, 1.807) is 50.4 Å². The number of likely N-dealkylation sites (tertiary alicyclic amines) is 2. The Morgan fingerprint density at radius 3 is 1.43 bits per heavy atom. The second-order valence-corrected chi connectivity index (χ2v) is 24.5. The minimum Gasteiger partial charge on any atom is -0.400 e. The zero-order chi connectivity index (χ0) is 66.7. The fraction of sp³-hybridized carbons (Fsp3) is 0.492. The van der Waals surface area contributed by atoms with Crippen LogP contribution in [0.4, 0.5) is 28.4 Å². The van der Waals surface area contributed by atoms with Gasteiger partial charge in [0.25, 0.3) is 16.7 Å². The van der Waals surface area contributed by atoms with Crippen LogP contribution in [-0.4, -0.2) is 183 Å². The molecule has 3 fully saturated rings. The first-order chi connectivity index (χ1) is 43.1. The number of likely N-dealkylation sites (N-methyl/N-ethyl adjacent to an activating group) is 3. The van der Waals surface area contributed by atoms with Crippen molar-refractivity contribution in [3.05, 3.63) is 187 Å². The summed E-state index contributed by atoms with van der Waals surface area (Å²) in [6.45, 7) is 19.5. The van der Waals surface area contributed by atoms with Crippen molar-refractivity contribution in [1.29, 1.82) is 0 Å². The number of nitrogens with zero attached hydrogens (tertiary/aromatic N) is 11. The van der Waals surface area contributed by atoms with E-state index in [4.69, 9.17) is 20.8 Å². The fourth-order valence-corrected chi connectivity index (χ4v) is 10.5. The van der Waals surface area contributed by atoms with E-state index in [1.807, 2.05) is 37.7 Å². The molecular formula is C63H90BN15O12. The van der Waals surface area contributed by atoms with Gasteiger partial charge in [-0.1, -0.05) is 18.2 Å². The molecule has 27 nitrogen and oxygen atoms in total. The smallest absolute Gasteiger partial charge is 0.400 e. The molecule has 3 saturated heterocycles. The number of carbonyl (C=O) groups excluding carboxylic acids is 1. The van der Waals surface area contributed by atoms with Gasteiger partial charge < -0.3 is 64.7 Å². The van der Waals surface area contributed by atoms with Crippen LogP contribution in [0.25, 0.3) is 11.4 Å². The number of piperidine rings is 2. The second-order valence-electron chi connectivity index (χ2n) is 24.5. The van der Waals surface area contributed by atoms with E-state index >= 15 is 0 Å². The first-order valence-electron chi connectivity index (χ1n) is 30.5. The van der Waals surface area contributed by atoms with E-state index in [2.05, 4.69) is 103 Å². The quantitative estimate of drug-likeness (QED) is 0.0849. The van der Waals surface area contributed by atoms with Crippen LogP contribution in [0, 0.1) is 20.2 Å². The summed E-state index contributed by atoms with van der Waals surface area (Å²) in [7, 11) is 10.3. The van der Waals surface area contributed by atoms with Gasteiger partial charge >= 0.3 is 29.6 Å². The van der Waals surface area contributed by atoms with Crippen LogP contribution in [0.15, 0.2) is 139 Å². The molecule has 0 spiro atoms. The third kappa shape index (κ3) is 20.3. The number of pyridine rings is 5. The molecule has 0 aliphatic carbocycles. The first-order valence-corrected chi connectivity index (χ1v) is 30.5. The lowest BCUT2D eigenvalue weighted by molar-refractivity contribution is -0.386. The number of nitrogens with two attached hydrogens (primary N) is 2. The predicted molar refractivity (Wildman–Crippen MR) is 357 cm³/mol. The van der Waals surface area contributed by atoms with Crippen LogP contribution in [0.5, 0.6) is 0 Å². The average Bonchev–Trinajstić information content (AvgIpc) is 1.69. The van der Waals surface area contributed by atoms with Gasteiger partial charge in [0.05, 0.1) is 32.4 Å². The number of nitrogens with one attached hydrogen (secondary N) is 2. The van der Waals surface area contributed by atoms with Gasteiger partial charge in [0, 0.05) is 126 Å². The summed E-state index contributed by atoms with van der Waals surface area (Å²) in [4.78, 5) is 102. The van der Waals surface area contributed by atoms with E-state index in [0.29, 0.717) is 23.1 Å². The number of aromatic amines is 1. The van der Waals surface area contributed by atoms with Crippen molar-refractivity contribution in [1.82, 2.24) is 47.8 Å². The summed E-state index contributed by atoms with van der Waals surface area (Å²) >= 11 is 0.